The Morgan fingerprint density at radius 2 is 1.72 bits per heavy atom. The highest BCUT2D eigenvalue weighted by Gasteiger charge is 2.50. The SMILES string of the molecule is CC(=O)N1CC[C@H]2CC[C@@H](C(=O)Nc3ccc(S(C)(=O)=O)cc3)N2C(=O)[C@@H](NC(=O)c2cc3cc(C(F)(F)P(=O)(O)O)ccc3s2)C1. The standard InChI is InChI=1S/C29H31F2N4O9PS2/c1-16(36)34-12-11-20-6-9-23(26(37)32-19-4-7-21(8-5-19)47(2,43)44)35(20)28(39)22(15-34)33-27(38)25-14-17-13-18(3-10-24(17)46-25)29(30,31)45(40,41)42/h3-5,7-8,10,13-14,20,22-23H,6,9,11-12,15H2,1-2H3,(H,32,37)(H,33,38)(H2,40,41,42)/t20-,22+,23+/m1/s1. The summed E-state index contributed by atoms with van der Waals surface area (Å²) in [4.78, 5) is 74.4. The first-order valence-electron chi connectivity index (χ1n) is 14.3. The van der Waals surface area contributed by atoms with E-state index >= 15 is 0 Å². The Balaban J connectivity index is 1.38. The number of benzene rings is 2. The van der Waals surface area contributed by atoms with Crippen molar-refractivity contribution in [1.29, 1.82) is 0 Å². The Bertz CT molecular complexity index is 1910. The van der Waals surface area contributed by atoms with Gasteiger partial charge in [-0.15, -0.1) is 11.3 Å². The third kappa shape index (κ3) is 7.09. The van der Waals surface area contributed by atoms with Crippen molar-refractivity contribution >= 4 is 68.2 Å². The molecular formula is C29H31F2N4O9PS2. The van der Waals surface area contributed by atoms with Crippen molar-refractivity contribution in [2.24, 2.45) is 0 Å². The fourth-order valence-corrected chi connectivity index (χ4v) is 7.83. The molecule has 0 unspecified atom stereocenters. The number of hydrogen-bond donors (Lipinski definition) is 4. The molecule has 0 aliphatic carbocycles. The van der Waals surface area contributed by atoms with Crippen LogP contribution in [0.3, 0.4) is 0 Å². The molecular weight excluding hydrogens is 681 g/mol. The van der Waals surface area contributed by atoms with Crippen molar-refractivity contribution in [1.82, 2.24) is 15.1 Å². The molecule has 3 atom stereocenters. The van der Waals surface area contributed by atoms with Crippen molar-refractivity contribution < 1.29 is 50.7 Å². The van der Waals surface area contributed by atoms with Gasteiger partial charge in [-0.25, -0.2) is 8.42 Å². The fraction of sp³-hybridized carbons (Fsp3) is 0.379. The molecule has 2 aliphatic heterocycles. The normalized spacial score (nSPS) is 20.8. The monoisotopic (exact) mass is 712 g/mol. The van der Waals surface area contributed by atoms with Gasteiger partial charge < -0.3 is 30.2 Å². The second-order valence-electron chi connectivity index (χ2n) is 11.5. The molecule has 0 bridgehead atoms. The summed E-state index contributed by atoms with van der Waals surface area (Å²) in [6.45, 7) is 1.41. The highest BCUT2D eigenvalue weighted by atomic mass is 32.2. The highest BCUT2D eigenvalue weighted by Crippen LogP contribution is 2.59. The van der Waals surface area contributed by atoms with E-state index in [-0.39, 0.29) is 34.2 Å². The van der Waals surface area contributed by atoms with E-state index in [0.717, 1.165) is 29.7 Å². The lowest BCUT2D eigenvalue weighted by atomic mass is 10.1. The fourth-order valence-electron chi connectivity index (χ4n) is 5.78. The molecule has 18 heteroatoms. The topological polar surface area (TPSA) is 190 Å². The number of amides is 4. The van der Waals surface area contributed by atoms with Crippen molar-refractivity contribution in [3.8, 4) is 0 Å². The van der Waals surface area contributed by atoms with E-state index in [1.165, 1.54) is 53.1 Å². The van der Waals surface area contributed by atoms with Gasteiger partial charge in [0.2, 0.25) is 17.7 Å². The lowest BCUT2D eigenvalue weighted by Gasteiger charge is -2.38. The molecule has 3 aromatic rings. The first kappa shape index (κ1) is 34.6. The van der Waals surface area contributed by atoms with Crippen LogP contribution >= 0.6 is 18.9 Å². The van der Waals surface area contributed by atoms with Gasteiger partial charge in [-0.3, -0.25) is 23.7 Å². The Hall–Kier alpha value is -3.76. The van der Waals surface area contributed by atoms with E-state index in [2.05, 4.69) is 10.6 Å². The number of rotatable bonds is 7. The molecule has 0 radical (unpaired) electrons. The van der Waals surface area contributed by atoms with Gasteiger partial charge in [-0.2, -0.15) is 8.78 Å². The number of nitrogens with one attached hydrogen (secondary N) is 2. The van der Waals surface area contributed by atoms with Crippen LogP contribution in [0.5, 0.6) is 0 Å². The number of alkyl halides is 2. The maximum absolute atomic E-state index is 14.3. The zero-order valence-electron chi connectivity index (χ0n) is 25.1. The number of thiophene rings is 1. The first-order chi connectivity index (χ1) is 21.9. The summed E-state index contributed by atoms with van der Waals surface area (Å²) in [5.74, 6) is -2.17. The molecule has 4 amide bonds. The van der Waals surface area contributed by atoms with Gasteiger partial charge >= 0.3 is 13.3 Å². The molecule has 2 aromatic carbocycles. The number of anilines is 1. The van der Waals surface area contributed by atoms with Gasteiger partial charge in [0.15, 0.2) is 9.84 Å². The van der Waals surface area contributed by atoms with E-state index in [4.69, 9.17) is 9.79 Å². The van der Waals surface area contributed by atoms with Gasteiger partial charge in [0.05, 0.1) is 9.77 Å². The third-order valence-corrected chi connectivity index (χ3v) is 11.5. The van der Waals surface area contributed by atoms with Crippen LogP contribution in [-0.2, 0) is 34.4 Å². The highest BCUT2D eigenvalue weighted by molar-refractivity contribution is 7.90. The Morgan fingerprint density at radius 1 is 1.04 bits per heavy atom. The summed E-state index contributed by atoms with van der Waals surface area (Å²) in [5.41, 5.74) is -5.04. The first-order valence-corrected chi connectivity index (χ1v) is 18.7. The number of hydrogen-bond acceptors (Lipinski definition) is 8. The quantitative estimate of drug-likeness (QED) is 0.267. The molecule has 2 fully saturated rings. The molecule has 1 aromatic heterocycles. The predicted octanol–water partition coefficient (Wildman–Crippen LogP) is 2.88. The van der Waals surface area contributed by atoms with E-state index < -0.39 is 64.5 Å². The number of carbonyl (C=O) groups excluding carboxylic acids is 4. The molecule has 252 valence electrons. The smallest absolute Gasteiger partial charge is 0.340 e. The third-order valence-electron chi connectivity index (χ3n) is 8.25. The summed E-state index contributed by atoms with van der Waals surface area (Å²) >= 11 is 0.909. The second-order valence-corrected chi connectivity index (χ2v) is 16.3. The van der Waals surface area contributed by atoms with Gasteiger partial charge in [0, 0.05) is 48.3 Å². The van der Waals surface area contributed by atoms with E-state index in [1.807, 2.05) is 0 Å². The minimum atomic E-state index is -5.82. The van der Waals surface area contributed by atoms with Crippen LogP contribution in [0.2, 0.25) is 0 Å². The van der Waals surface area contributed by atoms with Crippen molar-refractivity contribution in [3.05, 3.63) is 59.0 Å². The molecule has 47 heavy (non-hydrogen) atoms. The molecule has 5 rings (SSSR count). The second kappa shape index (κ2) is 12.7. The largest absolute Gasteiger partial charge is 0.399 e. The van der Waals surface area contributed by atoms with Crippen LogP contribution in [0.25, 0.3) is 10.1 Å². The number of nitrogens with zero attached hydrogens (tertiary/aromatic N) is 2. The average molecular weight is 713 g/mol. The number of halogens is 2. The number of fused-ring (bicyclic) bond motifs is 2. The van der Waals surface area contributed by atoms with Gasteiger partial charge in [0.25, 0.3) is 5.91 Å². The predicted molar refractivity (Wildman–Crippen MR) is 168 cm³/mol. The number of carbonyl (C=O) groups is 4. The van der Waals surface area contributed by atoms with E-state index in [9.17, 15) is 40.9 Å². The summed E-state index contributed by atoms with van der Waals surface area (Å²) < 4.78 is 63.9. The minimum Gasteiger partial charge on any atom is -0.340 e. The zero-order chi connectivity index (χ0) is 34.5. The van der Waals surface area contributed by atoms with Gasteiger partial charge in [0.1, 0.15) is 12.1 Å². The van der Waals surface area contributed by atoms with Crippen LogP contribution in [0.15, 0.2) is 53.4 Å². The summed E-state index contributed by atoms with van der Waals surface area (Å²) in [7, 11) is -9.27. The lowest BCUT2D eigenvalue weighted by molar-refractivity contribution is -0.143. The maximum Gasteiger partial charge on any atom is 0.399 e. The maximum atomic E-state index is 14.3. The lowest BCUT2D eigenvalue weighted by Crippen LogP contribution is -2.60. The average Bonchev–Trinajstić information content (AvgIpc) is 3.60. The molecule has 0 spiro atoms. The molecule has 2 aliphatic rings. The minimum absolute atomic E-state index is 0.0192. The molecule has 0 saturated carbocycles. The molecule has 3 heterocycles. The van der Waals surface area contributed by atoms with Crippen LogP contribution < -0.4 is 10.6 Å². The Morgan fingerprint density at radius 3 is 2.34 bits per heavy atom. The van der Waals surface area contributed by atoms with Crippen LogP contribution in [0.1, 0.15) is 41.4 Å². The molecule has 4 N–H and O–H groups in total. The van der Waals surface area contributed by atoms with Crippen molar-refractivity contribution in [3.63, 3.8) is 0 Å². The van der Waals surface area contributed by atoms with Crippen LogP contribution in [-0.4, -0.2) is 89.1 Å². The van der Waals surface area contributed by atoms with Crippen LogP contribution in [0, 0.1) is 0 Å². The number of sulfone groups is 1. The Labute approximate surface area is 272 Å². The van der Waals surface area contributed by atoms with Crippen molar-refractivity contribution in [2.75, 3.05) is 24.7 Å². The van der Waals surface area contributed by atoms with Crippen molar-refractivity contribution in [2.45, 2.75) is 54.9 Å². The Kier molecular flexibility index (Phi) is 9.33. The summed E-state index contributed by atoms with van der Waals surface area (Å²) in [5, 5.41) is 5.48. The van der Waals surface area contributed by atoms with Crippen LogP contribution in [0.4, 0.5) is 14.5 Å². The zero-order valence-corrected chi connectivity index (χ0v) is 27.6. The van der Waals surface area contributed by atoms with E-state index in [0.29, 0.717) is 29.6 Å². The molecule has 13 nitrogen and oxygen atoms in total. The molecule has 2 saturated heterocycles. The summed E-state index contributed by atoms with van der Waals surface area (Å²) in [6, 6.07) is 7.19. The van der Waals surface area contributed by atoms with Gasteiger partial charge in [-0.1, -0.05) is 6.07 Å². The van der Waals surface area contributed by atoms with Gasteiger partial charge in [-0.05, 0) is 67.1 Å². The van der Waals surface area contributed by atoms with E-state index in [1.54, 1.807) is 0 Å². The summed E-state index contributed by atoms with van der Waals surface area (Å²) in [6.07, 6.45) is 2.23.